The number of carbonyl (C=O) groups is 1. The minimum absolute atomic E-state index is 0.0290. The van der Waals surface area contributed by atoms with Gasteiger partial charge < -0.3 is 15.2 Å². The first-order valence-corrected chi connectivity index (χ1v) is 7.46. The molecule has 0 saturated carbocycles. The maximum Gasteiger partial charge on any atom is 0.234 e. The van der Waals surface area contributed by atoms with Crippen LogP contribution >= 0.6 is 11.8 Å². The highest BCUT2D eigenvalue weighted by molar-refractivity contribution is 8.00. The van der Waals surface area contributed by atoms with E-state index < -0.39 is 0 Å². The molecule has 0 aliphatic carbocycles. The monoisotopic (exact) mass is 303 g/mol. The molecule has 2 aromatic rings. The van der Waals surface area contributed by atoms with Crippen molar-refractivity contribution in [2.75, 3.05) is 18.2 Å². The van der Waals surface area contributed by atoms with Gasteiger partial charge in [0.15, 0.2) is 0 Å². The van der Waals surface area contributed by atoms with E-state index in [0.717, 1.165) is 16.1 Å². The summed E-state index contributed by atoms with van der Waals surface area (Å²) in [5.41, 5.74) is 1.58. The van der Waals surface area contributed by atoms with E-state index >= 15 is 0 Å². The van der Waals surface area contributed by atoms with E-state index in [-0.39, 0.29) is 12.5 Å². The first-order valence-electron chi connectivity index (χ1n) is 6.48. The molecule has 0 aliphatic rings. The lowest BCUT2D eigenvalue weighted by Crippen LogP contribution is -2.13. The highest BCUT2D eigenvalue weighted by Crippen LogP contribution is 2.20. The van der Waals surface area contributed by atoms with Crippen LogP contribution in [0.3, 0.4) is 0 Å². The lowest BCUT2D eigenvalue weighted by molar-refractivity contribution is -0.113. The zero-order chi connectivity index (χ0) is 15.1. The minimum Gasteiger partial charge on any atom is -0.497 e. The number of methoxy groups -OCH3 is 1. The number of hydrogen-bond donors (Lipinski definition) is 2. The molecule has 0 saturated heterocycles. The quantitative estimate of drug-likeness (QED) is 0.806. The van der Waals surface area contributed by atoms with Gasteiger partial charge in [0.1, 0.15) is 5.75 Å². The van der Waals surface area contributed by atoms with E-state index in [9.17, 15) is 4.79 Å². The summed E-state index contributed by atoms with van der Waals surface area (Å²) < 4.78 is 5.11. The van der Waals surface area contributed by atoms with Gasteiger partial charge in [-0.15, -0.1) is 11.8 Å². The number of nitrogens with one attached hydrogen (secondary N) is 1. The topological polar surface area (TPSA) is 58.6 Å². The van der Waals surface area contributed by atoms with Crippen LogP contribution in [0.1, 0.15) is 5.56 Å². The third kappa shape index (κ3) is 4.81. The van der Waals surface area contributed by atoms with Crippen molar-refractivity contribution in [2.24, 2.45) is 0 Å². The minimum atomic E-state index is -0.0699. The largest absolute Gasteiger partial charge is 0.497 e. The Morgan fingerprint density at radius 2 is 2.00 bits per heavy atom. The Hall–Kier alpha value is -1.98. The highest BCUT2D eigenvalue weighted by atomic mass is 32.2. The number of ether oxygens (including phenoxy) is 1. The molecule has 110 valence electrons. The van der Waals surface area contributed by atoms with Gasteiger partial charge in [-0.25, -0.2) is 0 Å². The van der Waals surface area contributed by atoms with Crippen LogP contribution < -0.4 is 10.1 Å². The summed E-state index contributed by atoms with van der Waals surface area (Å²) in [5, 5.41) is 11.8. The number of amides is 1. The third-order valence-corrected chi connectivity index (χ3v) is 3.84. The van der Waals surface area contributed by atoms with Crippen molar-refractivity contribution in [1.82, 2.24) is 0 Å². The van der Waals surface area contributed by atoms with Gasteiger partial charge in [0.05, 0.1) is 19.5 Å². The number of carbonyl (C=O) groups excluding carboxylic acids is 1. The molecular formula is C16H17NO3S. The summed E-state index contributed by atoms with van der Waals surface area (Å²) in [6.07, 6.45) is 0. The van der Waals surface area contributed by atoms with Crippen LogP contribution in [0, 0.1) is 0 Å². The van der Waals surface area contributed by atoms with Crippen molar-refractivity contribution in [2.45, 2.75) is 11.5 Å². The first-order chi connectivity index (χ1) is 10.2. The standard InChI is InChI=1S/C16H17NO3S/c1-20-14-4-2-3-13(9-14)17-16(19)11-21-15-7-5-12(10-18)6-8-15/h2-9,18H,10-11H2,1H3,(H,17,19). The average molecular weight is 303 g/mol. The molecule has 0 spiro atoms. The molecule has 0 heterocycles. The number of rotatable bonds is 6. The van der Waals surface area contributed by atoms with Crippen LogP contribution in [-0.4, -0.2) is 23.9 Å². The summed E-state index contributed by atoms with van der Waals surface area (Å²) in [5.74, 6) is 0.968. The van der Waals surface area contributed by atoms with Crippen LogP contribution in [0.15, 0.2) is 53.4 Å². The zero-order valence-corrected chi connectivity index (χ0v) is 12.5. The third-order valence-electron chi connectivity index (χ3n) is 2.83. The Balaban J connectivity index is 1.86. The zero-order valence-electron chi connectivity index (χ0n) is 11.7. The van der Waals surface area contributed by atoms with E-state index in [4.69, 9.17) is 9.84 Å². The maximum atomic E-state index is 11.9. The van der Waals surface area contributed by atoms with Crippen molar-refractivity contribution in [3.63, 3.8) is 0 Å². The molecule has 2 rings (SSSR count). The molecule has 0 radical (unpaired) electrons. The lowest BCUT2D eigenvalue weighted by Gasteiger charge is -2.07. The van der Waals surface area contributed by atoms with Gasteiger partial charge in [0, 0.05) is 16.6 Å². The normalized spacial score (nSPS) is 10.2. The summed E-state index contributed by atoms with van der Waals surface area (Å²) in [4.78, 5) is 12.9. The van der Waals surface area contributed by atoms with Crippen molar-refractivity contribution in [3.05, 3.63) is 54.1 Å². The van der Waals surface area contributed by atoms with Gasteiger partial charge in [-0.1, -0.05) is 18.2 Å². The molecular weight excluding hydrogens is 286 g/mol. The van der Waals surface area contributed by atoms with E-state index in [1.54, 1.807) is 13.2 Å². The van der Waals surface area contributed by atoms with Crippen LogP contribution in [-0.2, 0) is 11.4 Å². The van der Waals surface area contributed by atoms with E-state index in [0.29, 0.717) is 11.5 Å². The molecule has 4 nitrogen and oxygen atoms in total. The maximum absolute atomic E-state index is 11.9. The summed E-state index contributed by atoms with van der Waals surface area (Å²) >= 11 is 1.45. The van der Waals surface area contributed by atoms with Crippen LogP contribution in [0.2, 0.25) is 0 Å². The fraction of sp³-hybridized carbons (Fsp3) is 0.188. The van der Waals surface area contributed by atoms with Crippen LogP contribution in [0.4, 0.5) is 5.69 Å². The predicted octanol–water partition coefficient (Wildman–Crippen LogP) is 2.92. The molecule has 2 aromatic carbocycles. The Morgan fingerprint density at radius 3 is 2.67 bits per heavy atom. The molecule has 0 aromatic heterocycles. The average Bonchev–Trinajstić information content (AvgIpc) is 2.53. The number of hydrogen-bond acceptors (Lipinski definition) is 4. The fourth-order valence-corrected chi connectivity index (χ4v) is 2.44. The van der Waals surface area contributed by atoms with Crippen LogP contribution in [0.25, 0.3) is 0 Å². The Kier molecular flexibility index (Phi) is 5.66. The summed E-state index contributed by atoms with van der Waals surface area (Å²) in [7, 11) is 1.59. The molecule has 21 heavy (non-hydrogen) atoms. The van der Waals surface area contributed by atoms with E-state index in [1.165, 1.54) is 11.8 Å². The highest BCUT2D eigenvalue weighted by Gasteiger charge is 2.04. The Morgan fingerprint density at radius 1 is 1.24 bits per heavy atom. The Labute approximate surface area is 128 Å². The summed E-state index contributed by atoms with van der Waals surface area (Å²) in [6, 6.07) is 14.7. The second kappa shape index (κ2) is 7.71. The van der Waals surface area contributed by atoms with Crippen LogP contribution in [0.5, 0.6) is 5.75 Å². The number of aliphatic hydroxyl groups excluding tert-OH is 1. The number of benzene rings is 2. The molecule has 1 amide bonds. The molecule has 0 unspecified atom stereocenters. The number of aliphatic hydroxyl groups is 1. The van der Waals surface area contributed by atoms with Crippen molar-refractivity contribution in [1.29, 1.82) is 0 Å². The van der Waals surface area contributed by atoms with Crippen molar-refractivity contribution >= 4 is 23.4 Å². The second-order valence-electron chi connectivity index (χ2n) is 4.37. The molecule has 0 atom stereocenters. The van der Waals surface area contributed by atoms with Crippen molar-refractivity contribution in [3.8, 4) is 5.75 Å². The van der Waals surface area contributed by atoms with Gasteiger partial charge >= 0.3 is 0 Å². The summed E-state index contributed by atoms with van der Waals surface area (Å²) in [6.45, 7) is 0.0290. The molecule has 5 heteroatoms. The second-order valence-corrected chi connectivity index (χ2v) is 5.42. The van der Waals surface area contributed by atoms with Crippen molar-refractivity contribution < 1.29 is 14.6 Å². The molecule has 2 N–H and O–H groups in total. The van der Waals surface area contributed by atoms with E-state index in [1.807, 2.05) is 42.5 Å². The first kappa shape index (κ1) is 15.4. The Bertz CT molecular complexity index is 599. The SMILES string of the molecule is COc1cccc(NC(=O)CSc2ccc(CO)cc2)c1. The van der Waals surface area contributed by atoms with Gasteiger partial charge in [0.25, 0.3) is 0 Å². The predicted molar refractivity (Wildman–Crippen MR) is 84.7 cm³/mol. The van der Waals surface area contributed by atoms with Gasteiger partial charge in [0.2, 0.25) is 5.91 Å². The molecule has 0 bridgehead atoms. The number of thioether (sulfide) groups is 1. The fourth-order valence-electron chi connectivity index (χ4n) is 1.74. The molecule has 0 aliphatic heterocycles. The lowest BCUT2D eigenvalue weighted by atomic mass is 10.2. The smallest absolute Gasteiger partial charge is 0.234 e. The van der Waals surface area contributed by atoms with Gasteiger partial charge in [-0.05, 0) is 29.8 Å². The van der Waals surface area contributed by atoms with Gasteiger partial charge in [-0.2, -0.15) is 0 Å². The van der Waals surface area contributed by atoms with E-state index in [2.05, 4.69) is 5.32 Å². The van der Waals surface area contributed by atoms with Gasteiger partial charge in [-0.3, -0.25) is 4.79 Å². The number of anilines is 1. The molecule has 0 fully saturated rings.